The van der Waals surface area contributed by atoms with Crippen LogP contribution in [0.25, 0.3) is 6.08 Å². The van der Waals surface area contributed by atoms with E-state index < -0.39 is 23.2 Å². The van der Waals surface area contributed by atoms with Crippen LogP contribution in [-0.4, -0.2) is 40.9 Å². The van der Waals surface area contributed by atoms with E-state index in [9.17, 15) is 22.8 Å². The highest BCUT2D eigenvalue weighted by atomic mass is 32.2. The number of thioether (sulfide) groups is 1. The van der Waals surface area contributed by atoms with Crippen molar-refractivity contribution >= 4 is 46.2 Å². The molecule has 0 aromatic heterocycles. The van der Waals surface area contributed by atoms with Gasteiger partial charge in [0.25, 0.3) is 11.8 Å². The average molecular weight is 480 g/mol. The van der Waals surface area contributed by atoms with Crippen molar-refractivity contribution in [2.24, 2.45) is 0 Å². The van der Waals surface area contributed by atoms with Gasteiger partial charge in [-0.2, -0.15) is 13.2 Å². The van der Waals surface area contributed by atoms with E-state index in [0.717, 1.165) is 29.5 Å². The van der Waals surface area contributed by atoms with Crippen LogP contribution in [0.1, 0.15) is 21.5 Å². The lowest BCUT2D eigenvalue weighted by Crippen LogP contribution is -2.37. The van der Waals surface area contributed by atoms with Crippen molar-refractivity contribution in [2.75, 3.05) is 19.9 Å². The van der Waals surface area contributed by atoms with Gasteiger partial charge < -0.3 is 14.8 Å². The number of nitrogens with zero attached hydrogens (tertiary/aromatic N) is 1. The molecule has 2 aromatic carbocycles. The van der Waals surface area contributed by atoms with Crippen LogP contribution in [0.3, 0.4) is 0 Å². The Kier molecular flexibility index (Phi) is 6.11. The van der Waals surface area contributed by atoms with Crippen molar-refractivity contribution in [3.05, 3.63) is 64.1 Å². The number of halogens is 3. The summed E-state index contributed by atoms with van der Waals surface area (Å²) >= 11 is 6.36. The molecule has 1 fully saturated rings. The van der Waals surface area contributed by atoms with Gasteiger partial charge in [0.15, 0.2) is 11.5 Å². The number of carbonyl (C=O) groups is 2. The molecule has 0 spiro atoms. The van der Waals surface area contributed by atoms with Crippen LogP contribution >= 0.6 is 24.0 Å². The van der Waals surface area contributed by atoms with E-state index in [1.807, 2.05) is 0 Å². The fourth-order valence-corrected chi connectivity index (χ4v) is 4.46. The SMILES string of the molecule is O=C(NCCN1C(=O)/C(=C\c2ccc3c(c2)OCO3)SC1=S)c1ccccc1C(F)(F)F. The van der Waals surface area contributed by atoms with Crippen LogP contribution in [0.5, 0.6) is 11.5 Å². The summed E-state index contributed by atoms with van der Waals surface area (Å²) in [5.41, 5.74) is -0.769. The van der Waals surface area contributed by atoms with Crippen molar-refractivity contribution in [3.63, 3.8) is 0 Å². The van der Waals surface area contributed by atoms with Crippen molar-refractivity contribution in [3.8, 4) is 11.5 Å². The second-order valence-electron chi connectivity index (χ2n) is 6.75. The van der Waals surface area contributed by atoms with Gasteiger partial charge in [0.05, 0.1) is 16.0 Å². The molecule has 2 aliphatic heterocycles. The van der Waals surface area contributed by atoms with Crippen LogP contribution < -0.4 is 14.8 Å². The van der Waals surface area contributed by atoms with Gasteiger partial charge in [0.1, 0.15) is 4.32 Å². The second kappa shape index (κ2) is 8.83. The number of alkyl halides is 3. The Balaban J connectivity index is 1.39. The Labute approximate surface area is 190 Å². The monoisotopic (exact) mass is 480 g/mol. The van der Waals surface area contributed by atoms with Crippen molar-refractivity contribution in [2.45, 2.75) is 6.18 Å². The summed E-state index contributed by atoms with van der Waals surface area (Å²) in [4.78, 5) is 26.7. The van der Waals surface area contributed by atoms with Gasteiger partial charge in [-0.25, -0.2) is 0 Å². The minimum Gasteiger partial charge on any atom is -0.454 e. The first kappa shape index (κ1) is 22.2. The molecular formula is C21H15F3N2O4S2. The molecule has 2 amide bonds. The summed E-state index contributed by atoms with van der Waals surface area (Å²) in [6.45, 7) is 0.109. The van der Waals surface area contributed by atoms with Gasteiger partial charge in [-0.15, -0.1) is 0 Å². The molecule has 32 heavy (non-hydrogen) atoms. The fourth-order valence-electron chi connectivity index (χ4n) is 3.15. The molecule has 2 aliphatic rings. The van der Waals surface area contributed by atoms with Crippen molar-refractivity contribution < 1.29 is 32.2 Å². The van der Waals surface area contributed by atoms with E-state index in [1.54, 1.807) is 24.3 Å². The molecule has 0 bridgehead atoms. The summed E-state index contributed by atoms with van der Waals surface area (Å²) in [5, 5.41) is 2.42. The molecule has 6 nitrogen and oxygen atoms in total. The molecule has 0 unspecified atom stereocenters. The molecule has 0 radical (unpaired) electrons. The van der Waals surface area contributed by atoms with E-state index in [4.69, 9.17) is 21.7 Å². The maximum Gasteiger partial charge on any atom is 0.417 e. The van der Waals surface area contributed by atoms with E-state index >= 15 is 0 Å². The van der Waals surface area contributed by atoms with Crippen LogP contribution in [-0.2, 0) is 11.0 Å². The predicted molar refractivity (Wildman–Crippen MR) is 116 cm³/mol. The number of thiocarbonyl (C=S) groups is 1. The number of hydrogen-bond acceptors (Lipinski definition) is 6. The van der Waals surface area contributed by atoms with Crippen LogP contribution in [0.4, 0.5) is 13.2 Å². The highest BCUT2D eigenvalue weighted by Crippen LogP contribution is 2.36. The third kappa shape index (κ3) is 4.58. The van der Waals surface area contributed by atoms with E-state index in [1.165, 1.54) is 17.0 Å². The van der Waals surface area contributed by atoms with Gasteiger partial charge in [0, 0.05) is 13.1 Å². The third-order valence-electron chi connectivity index (χ3n) is 4.67. The molecule has 0 aliphatic carbocycles. The maximum atomic E-state index is 13.1. The number of carbonyl (C=O) groups excluding carboxylic acids is 2. The zero-order valence-corrected chi connectivity index (χ0v) is 17.9. The van der Waals surface area contributed by atoms with E-state index in [0.29, 0.717) is 20.7 Å². The first-order valence-corrected chi connectivity index (χ1v) is 10.6. The smallest absolute Gasteiger partial charge is 0.417 e. The van der Waals surface area contributed by atoms with Gasteiger partial charge in [-0.05, 0) is 35.9 Å². The lowest BCUT2D eigenvalue weighted by atomic mass is 10.1. The number of benzene rings is 2. The number of amides is 2. The predicted octanol–water partition coefficient (Wildman–Crippen LogP) is 4.07. The molecule has 0 atom stereocenters. The number of fused-ring (bicyclic) bond motifs is 1. The van der Waals surface area contributed by atoms with Crippen LogP contribution in [0.2, 0.25) is 0 Å². The summed E-state index contributed by atoms with van der Waals surface area (Å²) < 4.78 is 50.2. The minimum absolute atomic E-state index is 0.0308. The molecule has 1 saturated heterocycles. The number of nitrogens with one attached hydrogen (secondary N) is 1. The largest absolute Gasteiger partial charge is 0.454 e. The summed E-state index contributed by atoms with van der Waals surface area (Å²) in [6.07, 6.45) is -2.98. The summed E-state index contributed by atoms with van der Waals surface area (Å²) in [6, 6.07) is 9.78. The molecular weight excluding hydrogens is 465 g/mol. The first-order valence-electron chi connectivity index (χ1n) is 9.33. The zero-order chi connectivity index (χ0) is 22.9. The summed E-state index contributed by atoms with van der Waals surface area (Å²) in [7, 11) is 0. The molecule has 2 heterocycles. The molecule has 11 heteroatoms. The van der Waals surface area contributed by atoms with Gasteiger partial charge >= 0.3 is 6.18 Å². The van der Waals surface area contributed by atoms with Gasteiger partial charge in [-0.1, -0.05) is 42.2 Å². The molecule has 0 saturated carbocycles. The second-order valence-corrected chi connectivity index (χ2v) is 8.42. The summed E-state index contributed by atoms with van der Waals surface area (Å²) in [5.74, 6) is -0.0181. The normalized spacial score (nSPS) is 16.7. The minimum atomic E-state index is -4.65. The molecule has 4 rings (SSSR count). The van der Waals surface area contributed by atoms with Gasteiger partial charge in [-0.3, -0.25) is 14.5 Å². The van der Waals surface area contributed by atoms with Crippen molar-refractivity contribution in [1.82, 2.24) is 10.2 Å². The van der Waals surface area contributed by atoms with Crippen molar-refractivity contribution in [1.29, 1.82) is 0 Å². The van der Waals surface area contributed by atoms with E-state index in [2.05, 4.69) is 5.32 Å². The highest BCUT2D eigenvalue weighted by molar-refractivity contribution is 8.26. The Morgan fingerprint density at radius 1 is 1.19 bits per heavy atom. The molecule has 2 aromatic rings. The number of rotatable bonds is 5. The van der Waals surface area contributed by atoms with Crippen LogP contribution in [0.15, 0.2) is 47.4 Å². The Hall–Kier alpha value is -3.05. The Bertz CT molecular complexity index is 1130. The van der Waals surface area contributed by atoms with Gasteiger partial charge in [0.2, 0.25) is 6.79 Å². The fraction of sp³-hybridized carbons (Fsp3) is 0.190. The first-order chi connectivity index (χ1) is 15.2. The Morgan fingerprint density at radius 2 is 1.94 bits per heavy atom. The standard InChI is InChI=1S/C21H15F3N2O4S2/c22-21(23,24)14-4-2-1-3-13(14)18(27)25-7-8-26-19(28)17(32-20(26)31)10-12-5-6-15-16(9-12)30-11-29-15/h1-6,9-10H,7-8,11H2,(H,25,27)/b17-10+. The zero-order valence-electron chi connectivity index (χ0n) is 16.3. The lowest BCUT2D eigenvalue weighted by molar-refractivity contribution is -0.138. The molecule has 1 N–H and O–H groups in total. The lowest BCUT2D eigenvalue weighted by Gasteiger charge is -2.16. The molecule has 166 valence electrons. The number of ether oxygens (including phenoxy) is 2. The van der Waals surface area contributed by atoms with E-state index in [-0.39, 0.29) is 25.8 Å². The highest BCUT2D eigenvalue weighted by Gasteiger charge is 2.35. The Morgan fingerprint density at radius 3 is 2.72 bits per heavy atom. The third-order valence-corrected chi connectivity index (χ3v) is 6.04. The topological polar surface area (TPSA) is 67.9 Å². The number of hydrogen-bond donors (Lipinski definition) is 1. The average Bonchev–Trinajstić information content (AvgIpc) is 3.32. The maximum absolute atomic E-state index is 13.1. The van der Waals surface area contributed by atoms with Crippen LogP contribution in [0, 0.1) is 0 Å². The quantitative estimate of drug-likeness (QED) is 0.514.